The average Bonchev–Trinajstić information content (AvgIpc) is 2.67. The van der Waals surface area contributed by atoms with Crippen LogP contribution in [0.3, 0.4) is 0 Å². The van der Waals surface area contributed by atoms with Crippen LogP contribution in [0.15, 0.2) is 53.3 Å². The zero-order chi connectivity index (χ0) is 19.4. The van der Waals surface area contributed by atoms with E-state index >= 15 is 0 Å². The first-order valence-corrected chi connectivity index (χ1v) is 9.25. The van der Waals surface area contributed by atoms with E-state index in [1.165, 1.54) is 11.6 Å². The first-order valence-electron chi connectivity index (χ1n) is 9.25. The molecular weight excluding hydrogens is 340 g/mol. The predicted octanol–water partition coefficient (Wildman–Crippen LogP) is 3.91. The van der Waals surface area contributed by atoms with Crippen molar-refractivity contribution in [2.75, 3.05) is 7.11 Å². The van der Waals surface area contributed by atoms with Gasteiger partial charge in [-0.05, 0) is 55.2 Å². The Labute approximate surface area is 159 Å². The summed E-state index contributed by atoms with van der Waals surface area (Å²) in [4.78, 5) is 14.4. The molecule has 0 aliphatic carbocycles. The molecule has 0 fully saturated rings. The van der Waals surface area contributed by atoms with Gasteiger partial charge in [-0.25, -0.2) is 0 Å². The second kappa shape index (κ2) is 8.27. The molecule has 0 amide bonds. The number of aromatic hydroxyl groups is 1. The lowest BCUT2D eigenvalue weighted by atomic mass is 9.97. The summed E-state index contributed by atoms with van der Waals surface area (Å²) in [6.45, 7) is 4.29. The minimum absolute atomic E-state index is 0.0904. The van der Waals surface area contributed by atoms with Crippen LogP contribution in [0.2, 0.25) is 0 Å². The molecule has 0 bridgehead atoms. The van der Waals surface area contributed by atoms with E-state index in [9.17, 15) is 9.90 Å². The fourth-order valence-electron chi connectivity index (χ4n) is 3.51. The van der Waals surface area contributed by atoms with E-state index in [0.717, 1.165) is 29.5 Å². The number of methoxy groups -OCH3 is 1. The van der Waals surface area contributed by atoms with Crippen LogP contribution in [0.5, 0.6) is 11.5 Å². The van der Waals surface area contributed by atoms with Gasteiger partial charge >= 0.3 is 0 Å². The minimum atomic E-state index is -0.219. The molecule has 0 aliphatic heterocycles. The zero-order valence-electron chi connectivity index (χ0n) is 16.0. The summed E-state index contributed by atoms with van der Waals surface area (Å²) in [5.74, 6) is 0.947. The number of ether oxygens (including phenoxy) is 1. The number of pyridine rings is 1. The fraction of sp³-hybridized carbons (Fsp3) is 0.318. The highest BCUT2D eigenvalue weighted by molar-refractivity contribution is 5.87. The van der Waals surface area contributed by atoms with E-state index in [-0.39, 0.29) is 23.4 Å². The highest BCUT2D eigenvalue weighted by Crippen LogP contribution is 2.30. The van der Waals surface area contributed by atoms with E-state index in [1.807, 2.05) is 18.2 Å². The van der Waals surface area contributed by atoms with Gasteiger partial charge in [-0.2, -0.15) is 0 Å². The van der Waals surface area contributed by atoms with Gasteiger partial charge in [-0.3, -0.25) is 4.79 Å². The van der Waals surface area contributed by atoms with Gasteiger partial charge in [0, 0.05) is 23.5 Å². The van der Waals surface area contributed by atoms with Gasteiger partial charge in [0.2, 0.25) is 5.56 Å². The van der Waals surface area contributed by atoms with Gasteiger partial charge in [0.15, 0.2) is 0 Å². The first-order chi connectivity index (χ1) is 13.0. The lowest BCUT2D eigenvalue weighted by Gasteiger charge is -2.24. The van der Waals surface area contributed by atoms with Gasteiger partial charge in [0.05, 0.1) is 12.6 Å². The van der Waals surface area contributed by atoms with E-state index in [1.54, 1.807) is 19.2 Å². The van der Waals surface area contributed by atoms with Crippen LogP contribution in [0.25, 0.3) is 10.9 Å². The van der Waals surface area contributed by atoms with Crippen LogP contribution >= 0.6 is 0 Å². The molecule has 5 heteroatoms. The van der Waals surface area contributed by atoms with Crippen molar-refractivity contribution in [2.24, 2.45) is 0 Å². The van der Waals surface area contributed by atoms with E-state index in [2.05, 4.69) is 36.3 Å². The van der Waals surface area contributed by atoms with Crippen molar-refractivity contribution in [3.05, 3.63) is 70.0 Å². The molecule has 0 radical (unpaired) electrons. The molecule has 0 aliphatic rings. The number of fused-ring (bicyclic) bond motifs is 1. The number of phenolic OH excluding ortho intramolecular Hbond substituents is 1. The molecule has 0 saturated heterocycles. The molecule has 1 heterocycles. The highest BCUT2D eigenvalue weighted by Gasteiger charge is 2.17. The average molecular weight is 366 g/mol. The molecule has 3 aromatic rings. The lowest BCUT2D eigenvalue weighted by molar-refractivity contribution is 0.414. The first kappa shape index (κ1) is 19.0. The largest absolute Gasteiger partial charge is 0.506 e. The number of phenols is 1. The van der Waals surface area contributed by atoms with E-state index in [0.29, 0.717) is 5.52 Å². The third-order valence-electron chi connectivity index (χ3n) is 4.88. The Kier molecular flexibility index (Phi) is 5.81. The van der Waals surface area contributed by atoms with E-state index < -0.39 is 0 Å². The van der Waals surface area contributed by atoms with Gasteiger partial charge in [-0.15, -0.1) is 0 Å². The van der Waals surface area contributed by atoms with Crippen LogP contribution in [0.1, 0.15) is 37.4 Å². The predicted molar refractivity (Wildman–Crippen MR) is 109 cm³/mol. The molecule has 1 aromatic heterocycles. The summed E-state index contributed by atoms with van der Waals surface area (Å²) in [7, 11) is 1.67. The summed E-state index contributed by atoms with van der Waals surface area (Å²) in [5.41, 5.74) is 2.58. The van der Waals surface area contributed by atoms with Crippen LogP contribution in [0.4, 0.5) is 0 Å². The SMILES string of the molecule is CC[C@@H](N[C@H](C)Cc1ccc(OC)cc1)c1ccc(O)c2[nH]c(=O)ccc12. The number of H-pyrrole nitrogens is 1. The van der Waals surface area contributed by atoms with Crippen molar-refractivity contribution < 1.29 is 9.84 Å². The van der Waals surface area contributed by atoms with Crippen molar-refractivity contribution in [2.45, 2.75) is 38.8 Å². The molecule has 3 rings (SSSR count). The van der Waals surface area contributed by atoms with Crippen molar-refractivity contribution in [3.63, 3.8) is 0 Å². The Bertz CT molecular complexity index is 963. The normalized spacial score (nSPS) is 13.4. The molecule has 2 atom stereocenters. The maximum absolute atomic E-state index is 11.6. The molecule has 0 saturated carbocycles. The molecular formula is C22H26N2O3. The van der Waals surface area contributed by atoms with Crippen LogP contribution < -0.4 is 15.6 Å². The molecule has 142 valence electrons. The monoisotopic (exact) mass is 366 g/mol. The number of aromatic nitrogens is 1. The quantitative estimate of drug-likeness (QED) is 0.593. The third-order valence-corrected chi connectivity index (χ3v) is 4.88. The van der Waals surface area contributed by atoms with Crippen LogP contribution in [0, 0.1) is 0 Å². The highest BCUT2D eigenvalue weighted by atomic mass is 16.5. The summed E-state index contributed by atoms with van der Waals surface area (Å²) < 4.78 is 5.21. The Morgan fingerprint density at radius 2 is 1.85 bits per heavy atom. The Morgan fingerprint density at radius 3 is 2.52 bits per heavy atom. The number of nitrogens with one attached hydrogen (secondary N) is 2. The molecule has 2 aromatic carbocycles. The second-order valence-electron chi connectivity index (χ2n) is 6.87. The van der Waals surface area contributed by atoms with Crippen molar-refractivity contribution in [3.8, 4) is 11.5 Å². The summed E-state index contributed by atoms with van der Waals surface area (Å²) >= 11 is 0. The van der Waals surface area contributed by atoms with Crippen molar-refractivity contribution in [1.29, 1.82) is 0 Å². The minimum Gasteiger partial charge on any atom is -0.506 e. The molecule has 3 N–H and O–H groups in total. The zero-order valence-corrected chi connectivity index (χ0v) is 16.0. The lowest BCUT2D eigenvalue weighted by Crippen LogP contribution is -2.32. The van der Waals surface area contributed by atoms with Crippen molar-refractivity contribution in [1.82, 2.24) is 10.3 Å². The molecule has 0 unspecified atom stereocenters. The van der Waals surface area contributed by atoms with Gasteiger partial charge < -0.3 is 20.1 Å². The second-order valence-corrected chi connectivity index (χ2v) is 6.87. The Morgan fingerprint density at radius 1 is 1.11 bits per heavy atom. The number of hydrogen-bond donors (Lipinski definition) is 3. The summed E-state index contributed by atoms with van der Waals surface area (Å²) in [6.07, 6.45) is 1.79. The molecule has 5 nitrogen and oxygen atoms in total. The number of rotatable bonds is 7. The fourth-order valence-corrected chi connectivity index (χ4v) is 3.51. The topological polar surface area (TPSA) is 74.3 Å². The van der Waals surface area contributed by atoms with Gasteiger partial charge in [-0.1, -0.05) is 25.1 Å². The summed E-state index contributed by atoms with van der Waals surface area (Å²) in [6, 6.07) is 15.3. The van der Waals surface area contributed by atoms with Crippen molar-refractivity contribution >= 4 is 10.9 Å². The smallest absolute Gasteiger partial charge is 0.248 e. The van der Waals surface area contributed by atoms with Crippen LogP contribution in [-0.2, 0) is 6.42 Å². The van der Waals surface area contributed by atoms with Gasteiger partial charge in [0.1, 0.15) is 11.5 Å². The number of aromatic amines is 1. The van der Waals surface area contributed by atoms with Gasteiger partial charge in [0.25, 0.3) is 0 Å². The Balaban J connectivity index is 1.81. The van der Waals surface area contributed by atoms with Crippen LogP contribution in [-0.4, -0.2) is 23.2 Å². The number of hydrogen-bond acceptors (Lipinski definition) is 4. The number of benzene rings is 2. The standard InChI is InChI=1S/C22H26N2O3/c1-4-19(23-14(2)13-15-5-7-16(27-3)8-6-15)17-9-11-20(25)22-18(17)10-12-21(26)24-22/h5-12,14,19,23,25H,4,13H2,1-3H3,(H,24,26)/t14-,19-/m1/s1. The molecule has 27 heavy (non-hydrogen) atoms. The maximum atomic E-state index is 11.6. The maximum Gasteiger partial charge on any atom is 0.248 e. The third kappa shape index (κ3) is 4.31. The van der Waals surface area contributed by atoms with E-state index in [4.69, 9.17) is 4.74 Å². The summed E-state index contributed by atoms with van der Waals surface area (Å²) in [5, 5.41) is 14.6. The Hall–Kier alpha value is -2.79. The molecule has 0 spiro atoms.